The number of aromatic nitrogens is 1. The van der Waals surface area contributed by atoms with Gasteiger partial charge in [0.1, 0.15) is 5.82 Å². The maximum Gasteiger partial charge on any atom is 0.338 e. The fraction of sp³-hybridized carbons (Fsp3) is 0.462. The highest BCUT2D eigenvalue weighted by Crippen LogP contribution is 2.12. The lowest BCUT2D eigenvalue weighted by Gasteiger charge is -2.14. The van der Waals surface area contributed by atoms with Crippen LogP contribution in [0, 0.1) is 5.92 Å². The summed E-state index contributed by atoms with van der Waals surface area (Å²) in [5, 5.41) is 11.8. The first-order valence-corrected chi connectivity index (χ1v) is 6.06. The fourth-order valence-electron chi connectivity index (χ4n) is 1.63. The second-order valence-corrected chi connectivity index (χ2v) is 4.17. The Morgan fingerprint density at radius 1 is 1.53 bits per heavy atom. The van der Waals surface area contributed by atoms with Crippen LogP contribution < -0.4 is 5.32 Å². The van der Waals surface area contributed by atoms with Crippen molar-refractivity contribution in [3.8, 4) is 0 Å². The predicted octanol–water partition coefficient (Wildman–Crippen LogP) is 1.78. The van der Waals surface area contributed by atoms with Gasteiger partial charge in [-0.3, -0.25) is 4.79 Å². The first kappa shape index (κ1) is 14.9. The average molecular weight is 266 g/mol. The van der Waals surface area contributed by atoms with Crippen molar-refractivity contribution in [1.82, 2.24) is 4.98 Å². The molecule has 0 radical (unpaired) electrons. The zero-order valence-corrected chi connectivity index (χ0v) is 11.0. The summed E-state index contributed by atoms with van der Waals surface area (Å²) < 4.78 is 4.62. The van der Waals surface area contributed by atoms with Gasteiger partial charge in [0.05, 0.1) is 12.7 Å². The molecule has 1 aromatic rings. The van der Waals surface area contributed by atoms with Gasteiger partial charge in [0, 0.05) is 19.2 Å². The maximum absolute atomic E-state index is 11.3. The van der Waals surface area contributed by atoms with E-state index in [1.54, 1.807) is 12.1 Å². The van der Waals surface area contributed by atoms with E-state index in [0.29, 0.717) is 17.9 Å². The second-order valence-electron chi connectivity index (χ2n) is 4.17. The van der Waals surface area contributed by atoms with Crippen molar-refractivity contribution in [1.29, 1.82) is 0 Å². The van der Waals surface area contributed by atoms with Gasteiger partial charge >= 0.3 is 11.9 Å². The molecule has 1 unspecified atom stereocenters. The molecule has 104 valence electrons. The van der Waals surface area contributed by atoms with Crippen LogP contribution in [0.4, 0.5) is 5.82 Å². The summed E-state index contributed by atoms with van der Waals surface area (Å²) in [5.41, 5.74) is 0.409. The number of carboxylic acid groups (broad SMARTS) is 1. The van der Waals surface area contributed by atoms with Gasteiger partial charge in [0.25, 0.3) is 0 Å². The summed E-state index contributed by atoms with van der Waals surface area (Å²) >= 11 is 0. The molecule has 1 atom stereocenters. The fourth-order valence-corrected chi connectivity index (χ4v) is 1.63. The Labute approximate surface area is 111 Å². The molecular weight excluding hydrogens is 248 g/mol. The zero-order valence-electron chi connectivity index (χ0n) is 11.0. The summed E-state index contributed by atoms with van der Waals surface area (Å²) in [5.74, 6) is -0.680. The number of carboxylic acids is 1. The van der Waals surface area contributed by atoms with Crippen molar-refractivity contribution in [2.24, 2.45) is 5.92 Å². The SMILES string of the molecule is CCC(CNc1cc(C(=O)OC)ccn1)CC(=O)O. The Morgan fingerprint density at radius 2 is 2.26 bits per heavy atom. The van der Waals surface area contributed by atoms with Gasteiger partial charge in [0.15, 0.2) is 0 Å². The third kappa shape index (κ3) is 4.95. The number of hydrogen-bond donors (Lipinski definition) is 2. The molecule has 6 heteroatoms. The van der Waals surface area contributed by atoms with Crippen molar-refractivity contribution in [2.45, 2.75) is 19.8 Å². The van der Waals surface area contributed by atoms with Crippen molar-refractivity contribution < 1.29 is 19.4 Å². The highest BCUT2D eigenvalue weighted by Gasteiger charge is 2.12. The van der Waals surface area contributed by atoms with Gasteiger partial charge < -0.3 is 15.2 Å². The third-order valence-electron chi connectivity index (χ3n) is 2.79. The van der Waals surface area contributed by atoms with Crippen LogP contribution in [0.15, 0.2) is 18.3 Å². The van der Waals surface area contributed by atoms with E-state index in [2.05, 4.69) is 15.0 Å². The smallest absolute Gasteiger partial charge is 0.338 e. The summed E-state index contributed by atoms with van der Waals surface area (Å²) in [7, 11) is 1.32. The molecule has 0 aliphatic rings. The van der Waals surface area contributed by atoms with Crippen molar-refractivity contribution in [3.63, 3.8) is 0 Å². The van der Waals surface area contributed by atoms with E-state index in [1.807, 2.05) is 6.92 Å². The van der Waals surface area contributed by atoms with Crippen molar-refractivity contribution in [3.05, 3.63) is 23.9 Å². The minimum absolute atomic E-state index is 0.0288. The molecule has 0 fully saturated rings. The average Bonchev–Trinajstić information content (AvgIpc) is 2.42. The zero-order chi connectivity index (χ0) is 14.3. The van der Waals surface area contributed by atoms with Crippen LogP contribution in [-0.2, 0) is 9.53 Å². The van der Waals surface area contributed by atoms with E-state index < -0.39 is 11.9 Å². The Kier molecular flexibility index (Phi) is 5.78. The number of nitrogens with one attached hydrogen (secondary N) is 1. The maximum atomic E-state index is 11.3. The molecule has 0 bridgehead atoms. The lowest BCUT2D eigenvalue weighted by atomic mass is 10.0. The largest absolute Gasteiger partial charge is 0.481 e. The number of rotatable bonds is 7. The number of nitrogens with zero attached hydrogens (tertiary/aromatic N) is 1. The second kappa shape index (κ2) is 7.35. The quantitative estimate of drug-likeness (QED) is 0.731. The number of anilines is 1. The number of carbonyl (C=O) groups is 2. The summed E-state index contributed by atoms with van der Waals surface area (Å²) in [6.45, 7) is 2.44. The molecule has 0 spiro atoms. The third-order valence-corrected chi connectivity index (χ3v) is 2.79. The van der Waals surface area contributed by atoms with Gasteiger partial charge in [-0.25, -0.2) is 9.78 Å². The Morgan fingerprint density at radius 3 is 2.84 bits per heavy atom. The summed E-state index contributed by atoms with van der Waals surface area (Å²) in [6.07, 6.45) is 2.38. The molecular formula is C13H18N2O4. The van der Waals surface area contributed by atoms with Crippen molar-refractivity contribution in [2.75, 3.05) is 19.0 Å². The molecule has 0 aliphatic carbocycles. The molecule has 0 saturated carbocycles. The monoisotopic (exact) mass is 266 g/mol. The number of ether oxygens (including phenoxy) is 1. The number of methoxy groups -OCH3 is 1. The lowest BCUT2D eigenvalue weighted by molar-refractivity contribution is -0.138. The van der Waals surface area contributed by atoms with Crippen LogP contribution in [0.25, 0.3) is 0 Å². The number of esters is 1. The van der Waals surface area contributed by atoms with E-state index in [4.69, 9.17) is 5.11 Å². The molecule has 1 heterocycles. The van der Waals surface area contributed by atoms with Crippen molar-refractivity contribution >= 4 is 17.8 Å². The molecule has 1 aromatic heterocycles. The van der Waals surface area contributed by atoms with E-state index in [0.717, 1.165) is 6.42 Å². The molecule has 6 nitrogen and oxygen atoms in total. The Hall–Kier alpha value is -2.11. The molecule has 0 saturated heterocycles. The Bertz CT molecular complexity index is 448. The molecule has 1 rings (SSSR count). The molecule has 2 N–H and O–H groups in total. The van der Waals surface area contributed by atoms with Gasteiger partial charge in [-0.2, -0.15) is 0 Å². The predicted molar refractivity (Wildman–Crippen MR) is 70.1 cm³/mol. The van der Waals surface area contributed by atoms with Crippen LogP contribution in [0.5, 0.6) is 0 Å². The molecule has 19 heavy (non-hydrogen) atoms. The standard InChI is InChI=1S/C13H18N2O4/c1-3-9(6-12(16)17)8-15-11-7-10(4-5-14-11)13(18)19-2/h4-5,7,9H,3,6,8H2,1-2H3,(H,14,15)(H,16,17). The van der Waals surface area contributed by atoms with Crippen LogP contribution in [-0.4, -0.2) is 35.7 Å². The van der Waals surface area contributed by atoms with Crippen LogP contribution in [0.1, 0.15) is 30.1 Å². The molecule has 0 aliphatic heterocycles. The van der Waals surface area contributed by atoms with Crippen LogP contribution in [0.2, 0.25) is 0 Å². The number of aliphatic carboxylic acids is 1. The van der Waals surface area contributed by atoms with Gasteiger partial charge in [-0.15, -0.1) is 0 Å². The van der Waals surface area contributed by atoms with Crippen LogP contribution in [0.3, 0.4) is 0 Å². The Balaban J connectivity index is 2.61. The molecule has 0 amide bonds. The highest BCUT2D eigenvalue weighted by atomic mass is 16.5. The number of hydrogen-bond acceptors (Lipinski definition) is 5. The first-order chi connectivity index (χ1) is 9.06. The number of carbonyl (C=O) groups excluding carboxylic acids is 1. The van der Waals surface area contributed by atoms with E-state index in [1.165, 1.54) is 13.3 Å². The number of pyridine rings is 1. The normalized spacial score (nSPS) is 11.7. The lowest BCUT2D eigenvalue weighted by Crippen LogP contribution is -2.18. The van der Waals surface area contributed by atoms with Crippen LogP contribution >= 0.6 is 0 Å². The first-order valence-electron chi connectivity index (χ1n) is 6.06. The highest BCUT2D eigenvalue weighted by molar-refractivity contribution is 5.89. The topological polar surface area (TPSA) is 88.5 Å². The summed E-state index contributed by atoms with van der Waals surface area (Å²) in [6, 6.07) is 3.14. The van der Waals surface area contributed by atoms with E-state index >= 15 is 0 Å². The minimum Gasteiger partial charge on any atom is -0.481 e. The summed E-state index contributed by atoms with van der Waals surface area (Å²) in [4.78, 5) is 26.1. The van der Waals surface area contributed by atoms with E-state index in [-0.39, 0.29) is 12.3 Å². The minimum atomic E-state index is -0.815. The van der Waals surface area contributed by atoms with E-state index in [9.17, 15) is 9.59 Å². The van der Waals surface area contributed by atoms with Gasteiger partial charge in [-0.05, 0) is 18.1 Å². The van der Waals surface area contributed by atoms with Gasteiger partial charge in [-0.1, -0.05) is 13.3 Å². The molecule has 0 aromatic carbocycles. The van der Waals surface area contributed by atoms with Gasteiger partial charge in [0.2, 0.25) is 0 Å².